The smallest absolute Gasteiger partial charge is 0.271 e. The minimum atomic E-state index is -0.622. The third-order valence-electron chi connectivity index (χ3n) is 3.74. The molecule has 0 unspecified atom stereocenters. The average molecular weight is 366 g/mol. The lowest BCUT2D eigenvalue weighted by Gasteiger charge is -2.10. The first-order valence-electron chi connectivity index (χ1n) is 7.78. The van der Waals surface area contributed by atoms with Crippen LogP contribution in [0.15, 0.2) is 58.8 Å². The molecule has 3 aromatic rings. The maximum absolute atomic E-state index is 11.5. The van der Waals surface area contributed by atoms with Crippen LogP contribution in [0.3, 0.4) is 0 Å². The Hall–Kier alpha value is -4.01. The van der Waals surface area contributed by atoms with Gasteiger partial charge in [-0.15, -0.1) is 10.2 Å². The SMILES string of the molecule is CC(=O)Nc1cccc2ccc(O)c(N=Nc3cc([N+](=O)[O-])ccc3O)c12. The van der Waals surface area contributed by atoms with Gasteiger partial charge in [0.15, 0.2) is 0 Å². The molecule has 0 saturated heterocycles. The number of nitro groups is 1. The Balaban J connectivity index is 2.16. The summed E-state index contributed by atoms with van der Waals surface area (Å²) in [5, 5.41) is 42.6. The van der Waals surface area contributed by atoms with Crippen LogP contribution in [0.2, 0.25) is 0 Å². The Morgan fingerprint density at radius 2 is 1.81 bits per heavy atom. The van der Waals surface area contributed by atoms with Crippen LogP contribution in [0, 0.1) is 10.1 Å². The molecule has 0 atom stereocenters. The molecule has 0 aliphatic carbocycles. The van der Waals surface area contributed by atoms with Crippen molar-refractivity contribution < 1.29 is 19.9 Å². The number of hydrogen-bond acceptors (Lipinski definition) is 7. The second-order valence-electron chi connectivity index (χ2n) is 5.65. The molecule has 9 nitrogen and oxygen atoms in total. The molecule has 3 aromatic carbocycles. The molecule has 1 amide bonds. The molecule has 3 rings (SSSR count). The predicted octanol–water partition coefficient (Wildman–Crippen LogP) is 4.53. The van der Waals surface area contributed by atoms with Crippen LogP contribution in [0.4, 0.5) is 22.7 Å². The average Bonchev–Trinajstić information content (AvgIpc) is 2.61. The largest absolute Gasteiger partial charge is 0.506 e. The maximum atomic E-state index is 11.5. The zero-order valence-corrected chi connectivity index (χ0v) is 14.1. The summed E-state index contributed by atoms with van der Waals surface area (Å²) < 4.78 is 0. The van der Waals surface area contributed by atoms with Crippen molar-refractivity contribution in [3.8, 4) is 11.5 Å². The predicted molar refractivity (Wildman–Crippen MR) is 98.9 cm³/mol. The van der Waals surface area contributed by atoms with Crippen LogP contribution in [0.1, 0.15) is 6.92 Å². The van der Waals surface area contributed by atoms with E-state index in [9.17, 15) is 25.1 Å². The highest BCUT2D eigenvalue weighted by molar-refractivity contribution is 6.08. The lowest BCUT2D eigenvalue weighted by Crippen LogP contribution is -2.06. The summed E-state index contributed by atoms with van der Waals surface area (Å²) in [5.74, 6) is -0.801. The van der Waals surface area contributed by atoms with E-state index in [1.165, 1.54) is 13.0 Å². The van der Waals surface area contributed by atoms with E-state index in [2.05, 4.69) is 15.5 Å². The van der Waals surface area contributed by atoms with Gasteiger partial charge in [0.05, 0.1) is 10.6 Å². The number of phenolic OH excluding ortho intramolecular Hbond substituents is 2. The third kappa shape index (κ3) is 3.66. The number of phenols is 2. The van der Waals surface area contributed by atoms with Gasteiger partial charge in [0.1, 0.15) is 22.9 Å². The van der Waals surface area contributed by atoms with Crippen LogP contribution >= 0.6 is 0 Å². The highest BCUT2D eigenvalue weighted by Crippen LogP contribution is 2.41. The first-order valence-corrected chi connectivity index (χ1v) is 7.78. The van der Waals surface area contributed by atoms with E-state index in [4.69, 9.17) is 0 Å². The standard InChI is InChI=1S/C18H14N4O5/c1-10(23)19-13-4-2-3-11-5-7-16(25)18(17(11)13)21-20-14-9-12(22(26)27)6-8-15(14)24/h2-9,24-25H,1H3,(H,19,23). The Morgan fingerprint density at radius 1 is 1.07 bits per heavy atom. The summed E-state index contributed by atoms with van der Waals surface area (Å²) in [7, 11) is 0. The molecule has 0 fully saturated rings. The molecule has 0 aliphatic rings. The van der Waals surface area contributed by atoms with Crippen molar-refractivity contribution in [2.24, 2.45) is 10.2 Å². The van der Waals surface area contributed by atoms with Gasteiger partial charge in [0.2, 0.25) is 5.91 Å². The van der Waals surface area contributed by atoms with Crippen molar-refractivity contribution in [1.82, 2.24) is 0 Å². The molecular formula is C18H14N4O5. The number of fused-ring (bicyclic) bond motifs is 1. The van der Waals surface area contributed by atoms with Crippen molar-refractivity contribution in [2.75, 3.05) is 5.32 Å². The zero-order chi connectivity index (χ0) is 19.6. The van der Waals surface area contributed by atoms with Crippen LogP contribution in [0.5, 0.6) is 11.5 Å². The van der Waals surface area contributed by atoms with Gasteiger partial charge < -0.3 is 15.5 Å². The molecule has 0 bridgehead atoms. The molecule has 0 heterocycles. The second kappa shape index (κ2) is 7.08. The molecule has 0 radical (unpaired) electrons. The van der Waals surface area contributed by atoms with Crippen molar-refractivity contribution in [1.29, 1.82) is 0 Å². The number of anilines is 1. The number of nitrogens with zero attached hydrogens (tertiary/aromatic N) is 3. The highest BCUT2D eigenvalue weighted by Gasteiger charge is 2.13. The number of carbonyl (C=O) groups is 1. The van der Waals surface area contributed by atoms with Gasteiger partial charge in [-0.1, -0.05) is 18.2 Å². The molecular weight excluding hydrogens is 352 g/mol. The number of nitro benzene ring substituents is 1. The summed E-state index contributed by atoms with van der Waals surface area (Å²) in [6.45, 7) is 1.35. The number of benzene rings is 3. The van der Waals surface area contributed by atoms with E-state index >= 15 is 0 Å². The van der Waals surface area contributed by atoms with Gasteiger partial charge in [-0.3, -0.25) is 14.9 Å². The van der Waals surface area contributed by atoms with Crippen LogP contribution in [-0.4, -0.2) is 21.0 Å². The Kier molecular flexibility index (Phi) is 4.67. The van der Waals surface area contributed by atoms with Crippen molar-refractivity contribution in [3.05, 3.63) is 58.6 Å². The summed E-state index contributed by atoms with van der Waals surface area (Å²) in [6.07, 6.45) is 0. The monoisotopic (exact) mass is 366 g/mol. The highest BCUT2D eigenvalue weighted by atomic mass is 16.6. The first kappa shape index (κ1) is 17.8. The fraction of sp³-hybridized carbons (Fsp3) is 0.0556. The van der Waals surface area contributed by atoms with E-state index in [1.54, 1.807) is 24.3 Å². The Labute approximate surface area is 152 Å². The summed E-state index contributed by atoms with van der Waals surface area (Å²) in [5.41, 5.74) is 0.0938. The van der Waals surface area contributed by atoms with Gasteiger partial charge in [0, 0.05) is 24.4 Å². The number of carbonyl (C=O) groups excluding carboxylic acids is 1. The second-order valence-corrected chi connectivity index (χ2v) is 5.65. The molecule has 27 heavy (non-hydrogen) atoms. The minimum absolute atomic E-state index is 0.0581. The van der Waals surface area contributed by atoms with Crippen LogP contribution in [-0.2, 0) is 4.79 Å². The van der Waals surface area contributed by atoms with Gasteiger partial charge in [-0.25, -0.2) is 0 Å². The normalized spacial score (nSPS) is 11.0. The van der Waals surface area contributed by atoms with E-state index in [0.717, 1.165) is 18.2 Å². The zero-order valence-electron chi connectivity index (χ0n) is 14.1. The molecule has 0 saturated carbocycles. The molecule has 0 aromatic heterocycles. The lowest BCUT2D eigenvalue weighted by molar-refractivity contribution is -0.384. The topological polar surface area (TPSA) is 137 Å². The quantitative estimate of drug-likeness (QED) is 0.354. The van der Waals surface area contributed by atoms with Gasteiger partial charge in [-0.05, 0) is 23.6 Å². The fourth-order valence-corrected chi connectivity index (χ4v) is 2.55. The number of nitrogens with one attached hydrogen (secondary N) is 1. The fourth-order valence-electron chi connectivity index (χ4n) is 2.55. The van der Waals surface area contributed by atoms with Gasteiger partial charge in [-0.2, -0.15) is 0 Å². The number of non-ortho nitro benzene ring substituents is 1. The summed E-state index contributed by atoms with van der Waals surface area (Å²) in [6, 6.07) is 11.6. The summed E-state index contributed by atoms with van der Waals surface area (Å²) in [4.78, 5) is 21.7. The van der Waals surface area contributed by atoms with E-state index in [-0.39, 0.29) is 34.5 Å². The van der Waals surface area contributed by atoms with E-state index in [1.807, 2.05) is 0 Å². The van der Waals surface area contributed by atoms with Crippen LogP contribution in [0.25, 0.3) is 10.8 Å². The van der Waals surface area contributed by atoms with Crippen LogP contribution < -0.4 is 5.32 Å². The van der Waals surface area contributed by atoms with Gasteiger partial charge >= 0.3 is 0 Å². The lowest BCUT2D eigenvalue weighted by atomic mass is 10.1. The van der Waals surface area contributed by atoms with E-state index in [0.29, 0.717) is 16.5 Å². The number of aromatic hydroxyl groups is 2. The molecule has 9 heteroatoms. The molecule has 0 spiro atoms. The Morgan fingerprint density at radius 3 is 2.52 bits per heavy atom. The van der Waals surface area contributed by atoms with Crippen molar-refractivity contribution in [2.45, 2.75) is 6.92 Å². The number of amides is 1. The molecule has 0 aliphatic heterocycles. The van der Waals surface area contributed by atoms with E-state index < -0.39 is 4.92 Å². The number of rotatable bonds is 4. The third-order valence-corrected chi connectivity index (χ3v) is 3.74. The Bertz CT molecular complexity index is 1090. The maximum Gasteiger partial charge on any atom is 0.271 e. The molecule has 136 valence electrons. The van der Waals surface area contributed by atoms with Crippen molar-refractivity contribution >= 4 is 39.4 Å². The number of azo groups is 1. The number of hydrogen-bond donors (Lipinski definition) is 3. The molecule has 3 N–H and O–H groups in total. The minimum Gasteiger partial charge on any atom is -0.506 e. The first-order chi connectivity index (χ1) is 12.9. The van der Waals surface area contributed by atoms with Gasteiger partial charge in [0.25, 0.3) is 5.69 Å². The summed E-state index contributed by atoms with van der Waals surface area (Å²) >= 11 is 0. The van der Waals surface area contributed by atoms with Crippen molar-refractivity contribution in [3.63, 3.8) is 0 Å².